The molecule has 0 saturated carbocycles. The summed E-state index contributed by atoms with van der Waals surface area (Å²) < 4.78 is 10.7. The quantitative estimate of drug-likeness (QED) is 0.762. The zero-order valence-electron chi connectivity index (χ0n) is 9.22. The molecule has 0 N–H and O–H groups in total. The van der Waals surface area contributed by atoms with Crippen molar-refractivity contribution in [3.63, 3.8) is 0 Å². The molecule has 0 spiro atoms. The van der Waals surface area contributed by atoms with Crippen molar-refractivity contribution in [2.75, 3.05) is 19.8 Å². The first-order valence-corrected chi connectivity index (χ1v) is 5.64. The second-order valence-corrected chi connectivity index (χ2v) is 3.94. The van der Waals surface area contributed by atoms with Crippen LogP contribution in [0.5, 0.6) is 5.75 Å². The lowest BCUT2D eigenvalue weighted by atomic mass is 10.0. The number of Topliss-reactive ketones (excluding diaryl/α,β-unsaturated/α-hetero) is 1. The van der Waals surface area contributed by atoms with E-state index >= 15 is 0 Å². The molecule has 1 heterocycles. The summed E-state index contributed by atoms with van der Waals surface area (Å²) >= 11 is 0. The molecular formula is C13H16O3. The van der Waals surface area contributed by atoms with Gasteiger partial charge in [0.1, 0.15) is 11.5 Å². The first kappa shape index (κ1) is 11.1. The SMILES string of the molecule is O=C(CCOc1ccccc1)C1CCOC1. The number of hydrogen-bond donors (Lipinski definition) is 0. The van der Waals surface area contributed by atoms with E-state index in [1.165, 1.54) is 0 Å². The Labute approximate surface area is 95.4 Å². The molecular weight excluding hydrogens is 204 g/mol. The van der Waals surface area contributed by atoms with Crippen molar-refractivity contribution in [1.82, 2.24) is 0 Å². The number of para-hydroxylation sites is 1. The number of rotatable bonds is 5. The average Bonchev–Trinajstić information content (AvgIpc) is 2.84. The summed E-state index contributed by atoms with van der Waals surface area (Å²) in [4.78, 5) is 11.7. The molecule has 86 valence electrons. The molecule has 1 aliphatic heterocycles. The van der Waals surface area contributed by atoms with E-state index in [2.05, 4.69) is 0 Å². The molecule has 16 heavy (non-hydrogen) atoms. The van der Waals surface area contributed by atoms with Gasteiger partial charge in [-0.15, -0.1) is 0 Å². The van der Waals surface area contributed by atoms with Crippen molar-refractivity contribution in [2.24, 2.45) is 5.92 Å². The second-order valence-electron chi connectivity index (χ2n) is 3.94. The van der Waals surface area contributed by atoms with Crippen LogP contribution in [0, 0.1) is 5.92 Å². The molecule has 0 bridgehead atoms. The van der Waals surface area contributed by atoms with Crippen LogP contribution in [-0.4, -0.2) is 25.6 Å². The van der Waals surface area contributed by atoms with Gasteiger partial charge in [-0.25, -0.2) is 0 Å². The number of ether oxygens (including phenoxy) is 2. The molecule has 1 unspecified atom stereocenters. The van der Waals surface area contributed by atoms with Gasteiger partial charge in [0.15, 0.2) is 0 Å². The summed E-state index contributed by atoms with van der Waals surface area (Å²) in [7, 11) is 0. The molecule has 1 aromatic rings. The normalized spacial score (nSPS) is 19.6. The average molecular weight is 220 g/mol. The zero-order valence-corrected chi connectivity index (χ0v) is 9.22. The Morgan fingerprint density at radius 3 is 2.88 bits per heavy atom. The van der Waals surface area contributed by atoms with E-state index in [1.54, 1.807) is 0 Å². The highest BCUT2D eigenvalue weighted by atomic mass is 16.5. The Kier molecular flexibility index (Phi) is 3.94. The van der Waals surface area contributed by atoms with Crippen molar-refractivity contribution in [1.29, 1.82) is 0 Å². The highest BCUT2D eigenvalue weighted by Crippen LogP contribution is 2.15. The lowest BCUT2D eigenvalue weighted by Crippen LogP contribution is -2.17. The maximum Gasteiger partial charge on any atom is 0.141 e. The van der Waals surface area contributed by atoms with E-state index < -0.39 is 0 Å². The Morgan fingerprint density at radius 1 is 1.38 bits per heavy atom. The smallest absolute Gasteiger partial charge is 0.141 e. The molecule has 0 radical (unpaired) electrons. The van der Waals surface area contributed by atoms with Crippen molar-refractivity contribution >= 4 is 5.78 Å². The van der Waals surface area contributed by atoms with Gasteiger partial charge in [-0.2, -0.15) is 0 Å². The van der Waals surface area contributed by atoms with Gasteiger partial charge >= 0.3 is 0 Å². The monoisotopic (exact) mass is 220 g/mol. The van der Waals surface area contributed by atoms with Crippen LogP contribution < -0.4 is 4.74 Å². The van der Waals surface area contributed by atoms with Crippen LogP contribution in [-0.2, 0) is 9.53 Å². The third-order valence-corrected chi connectivity index (χ3v) is 2.75. The van der Waals surface area contributed by atoms with Crippen LogP contribution in [0.15, 0.2) is 30.3 Å². The minimum Gasteiger partial charge on any atom is -0.493 e. The summed E-state index contributed by atoms with van der Waals surface area (Å²) in [6, 6.07) is 9.56. The molecule has 0 amide bonds. The van der Waals surface area contributed by atoms with Crippen LogP contribution in [0.25, 0.3) is 0 Å². The summed E-state index contributed by atoms with van der Waals surface area (Å²) in [6.07, 6.45) is 1.34. The van der Waals surface area contributed by atoms with Gasteiger partial charge in [-0.3, -0.25) is 4.79 Å². The minimum absolute atomic E-state index is 0.0966. The molecule has 1 aliphatic rings. The van der Waals surface area contributed by atoms with Crippen molar-refractivity contribution in [3.8, 4) is 5.75 Å². The predicted molar refractivity (Wildman–Crippen MR) is 60.5 cm³/mol. The maximum atomic E-state index is 11.7. The van der Waals surface area contributed by atoms with Crippen LogP contribution in [0.4, 0.5) is 0 Å². The first-order valence-electron chi connectivity index (χ1n) is 5.64. The Hall–Kier alpha value is -1.35. The molecule has 2 rings (SSSR count). The molecule has 1 aromatic carbocycles. The van der Waals surface area contributed by atoms with E-state index in [0.29, 0.717) is 19.6 Å². The standard InChI is InChI=1S/C13H16O3/c14-13(11-6-8-15-10-11)7-9-16-12-4-2-1-3-5-12/h1-5,11H,6-10H2. The molecule has 3 heteroatoms. The lowest BCUT2D eigenvalue weighted by molar-refractivity contribution is -0.123. The van der Waals surface area contributed by atoms with Gasteiger partial charge < -0.3 is 9.47 Å². The highest BCUT2D eigenvalue weighted by molar-refractivity contribution is 5.81. The zero-order chi connectivity index (χ0) is 11.2. The fourth-order valence-electron chi connectivity index (χ4n) is 1.78. The van der Waals surface area contributed by atoms with Gasteiger partial charge in [-0.1, -0.05) is 18.2 Å². The van der Waals surface area contributed by atoms with Crippen molar-refractivity contribution < 1.29 is 14.3 Å². The van der Waals surface area contributed by atoms with E-state index in [9.17, 15) is 4.79 Å². The Morgan fingerprint density at radius 2 is 2.19 bits per heavy atom. The number of carbonyl (C=O) groups excluding carboxylic acids is 1. The number of ketones is 1. The summed E-state index contributed by atoms with van der Waals surface area (Å²) in [5, 5.41) is 0. The molecule has 0 aromatic heterocycles. The molecule has 1 saturated heterocycles. The van der Waals surface area contributed by atoms with Crippen LogP contribution in [0.2, 0.25) is 0 Å². The Bertz CT molecular complexity index is 328. The Balaban J connectivity index is 1.70. The third kappa shape index (κ3) is 3.07. The molecule has 0 aliphatic carbocycles. The summed E-state index contributed by atoms with van der Waals surface area (Å²) in [6.45, 7) is 1.76. The summed E-state index contributed by atoms with van der Waals surface area (Å²) in [5.74, 6) is 1.17. The topological polar surface area (TPSA) is 35.5 Å². The third-order valence-electron chi connectivity index (χ3n) is 2.75. The fraction of sp³-hybridized carbons (Fsp3) is 0.462. The van der Waals surface area contributed by atoms with Gasteiger partial charge in [0.2, 0.25) is 0 Å². The van der Waals surface area contributed by atoms with E-state index in [0.717, 1.165) is 18.8 Å². The number of carbonyl (C=O) groups is 1. The van der Waals surface area contributed by atoms with Crippen molar-refractivity contribution in [2.45, 2.75) is 12.8 Å². The first-order chi connectivity index (χ1) is 7.86. The van der Waals surface area contributed by atoms with Gasteiger partial charge in [0, 0.05) is 18.9 Å². The van der Waals surface area contributed by atoms with E-state index in [1.807, 2.05) is 30.3 Å². The van der Waals surface area contributed by atoms with Gasteiger partial charge in [-0.05, 0) is 18.6 Å². The summed E-state index contributed by atoms with van der Waals surface area (Å²) in [5.41, 5.74) is 0. The van der Waals surface area contributed by atoms with Crippen LogP contribution in [0.3, 0.4) is 0 Å². The molecule has 1 atom stereocenters. The highest BCUT2D eigenvalue weighted by Gasteiger charge is 2.22. The second kappa shape index (κ2) is 5.66. The largest absolute Gasteiger partial charge is 0.493 e. The maximum absolute atomic E-state index is 11.7. The predicted octanol–water partition coefficient (Wildman–Crippen LogP) is 2.06. The minimum atomic E-state index is 0.0966. The molecule has 3 nitrogen and oxygen atoms in total. The fourth-order valence-corrected chi connectivity index (χ4v) is 1.78. The number of benzene rings is 1. The van der Waals surface area contributed by atoms with E-state index in [-0.39, 0.29) is 11.7 Å². The lowest BCUT2D eigenvalue weighted by Gasteiger charge is -2.08. The van der Waals surface area contributed by atoms with E-state index in [4.69, 9.17) is 9.47 Å². The van der Waals surface area contributed by atoms with Gasteiger partial charge in [0.25, 0.3) is 0 Å². The van der Waals surface area contributed by atoms with Crippen LogP contribution in [0.1, 0.15) is 12.8 Å². The van der Waals surface area contributed by atoms with Crippen molar-refractivity contribution in [3.05, 3.63) is 30.3 Å². The van der Waals surface area contributed by atoms with Gasteiger partial charge in [0.05, 0.1) is 13.2 Å². The van der Waals surface area contributed by atoms with Crippen LogP contribution >= 0.6 is 0 Å². The number of hydrogen-bond acceptors (Lipinski definition) is 3. The molecule has 1 fully saturated rings.